The minimum atomic E-state index is 0.365. The molecule has 1 fully saturated rings. The Morgan fingerprint density at radius 2 is 2.00 bits per heavy atom. The van der Waals surface area contributed by atoms with Gasteiger partial charge in [-0.05, 0) is 38.0 Å². The summed E-state index contributed by atoms with van der Waals surface area (Å²) in [6.07, 6.45) is 5.94. The molecule has 0 aromatic heterocycles. The second-order valence-corrected chi connectivity index (χ2v) is 6.66. The fourth-order valence-electron chi connectivity index (χ4n) is 1.86. The van der Waals surface area contributed by atoms with Crippen molar-refractivity contribution in [3.8, 4) is 0 Å². The van der Waals surface area contributed by atoms with Crippen molar-refractivity contribution in [2.45, 2.75) is 70.4 Å². The van der Waals surface area contributed by atoms with Gasteiger partial charge in [0.1, 0.15) is 0 Å². The topological polar surface area (TPSA) is 9.23 Å². The lowest BCUT2D eigenvalue weighted by Gasteiger charge is -2.26. The van der Waals surface area contributed by atoms with Crippen LogP contribution in [0.25, 0.3) is 0 Å². The van der Waals surface area contributed by atoms with Gasteiger partial charge in [0, 0.05) is 4.83 Å². The van der Waals surface area contributed by atoms with Gasteiger partial charge in [0.25, 0.3) is 0 Å². The van der Waals surface area contributed by atoms with E-state index in [0.717, 1.165) is 0 Å². The van der Waals surface area contributed by atoms with Gasteiger partial charge in [-0.25, -0.2) is 0 Å². The average Bonchev–Trinajstić information content (AvgIpc) is 2.45. The smallest absolute Gasteiger partial charge is 0.0580 e. The van der Waals surface area contributed by atoms with Crippen molar-refractivity contribution in [1.29, 1.82) is 0 Å². The molecule has 1 heterocycles. The van der Waals surface area contributed by atoms with Crippen LogP contribution in [0.5, 0.6) is 0 Å². The molecule has 0 N–H and O–H groups in total. The molecule has 0 bridgehead atoms. The molecule has 3 atom stereocenters. The Morgan fingerprint density at radius 1 is 1.36 bits per heavy atom. The van der Waals surface area contributed by atoms with Gasteiger partial charge < -0.3 is 4.74 Å². The van der Waals surface area contributed by atoms with Crippen molar-refractivity contribution in [1.82, 2.24) is 0 Å². The molecular weight excluding hydrogens is 240 g/mol. The van der Waals surface area contributed by atoms with Crippen LogP contribution in [0.1, 0.15) is 53.4 Å². The standard InChI is InChI=1S/C12H23BrO/c1-9-5-6-10(14-9)7-8-11(13)12(2,3)4/h9-11H,5-8H2,1-4H3. The molecule has 0 aliphatic carbocycles. The SMILES string of the molecule is CC1CCC(CCC(Br)C(C)(C)C)O1. The first-order chi connectivity index (χ1) is 6.39. The highest BCUT2D eigenvalue weighted by Gasteiger charge is 2.26. The Kier molecular flexibility index (Phi) is 4.45. The van der Waals surface area contributed by atoms with Crippen LogP contribution in [0.4, 0.5) is 0 Å². The van der Waals surface area contributed by atoms with Gasteiger partial charge >= 0.3 is 0 Å². The van der Waals surface area contributed by atoms with Crippen molar-refractivity contribution >= 4 is 15.9 Å². The summed E-state index contributed by atoms with van der Waals surface area (Å²) in [4.78, 5) is 0.606. The highest BCUT2D eigenvalue weighted by atomic mass is 79.9. The van der Waals surface area contributed by atoms with Crippen molar-refractivity contribution in [2.24, 2.45) is 5.41 Å². The number of hydrogen-bond acceptors (Lipinski definition) is 1. The molecule has 0 spiro atoms. The molecular formula is C12H23BrO. The van der Waals surface area contributed by atoms with Gasteiger partial charge in [0.05, 0.1) is 12.2 Å². The Balaban J connectivity index is 2.21. The Morgan fingerprint density at radius 3 is 2.43 bits per heavy atom. The second-order valence-electron chi connectivity index (χ2n) is 5.56. The number of alkyl halides is 1. The minimum absolute atomic E-state index is 0.365. The van der Waals surface area contributed by atoms with Gasteiger partial charge in [-0.3, -0.25) is 0 Å². The van der Waals surface area contributed by atoms with Crippen LogP contribution in [0.2, 0.25) is 0 Å². The zero-order valence-electron chi connectivity index (χ0n) is 9.85. The molecule has 0 radical (unpaired) electrons. The summed E-state index contributed by atoms with van der Waals surface area (Å²) < 4.78 is 5.80. The summed E-state index contributed by atoms with van der Waals surface area (Å²) in [5, 5.41) is 0. The minimum Gasteiger partial charge on any atom is -0.375 e. The van der Waals surface area contributed by atoms with E-state index in [1.54, 1.807) is 0 Å². The molecule has 0 saturated carbocycles. The lowest BCUT2D eigenvalue weighted by Crippen LogP contribution is -2.22. The molecule has 1 rings (SSSR count). The monoisotopic (exact) mass is 262 g/mol. The van der Waals surface area contributed by atoms with E-state index in [9.17, 15) is 0 Å². The molecule has 0 aromatic rings. The zero-order valence-corrected chi connectivity index (χ0v) is 11.4. The third kappa shape index (κ3) is 3.90. The summed E-state index contributed by atoms with van der Waals surface area (Å²) in [5.41, 5.74) is 0.365. The van der Waals surface area contributed by atoms with Crippen molar-refractivity contribution in [3.63, 3.8) is 0 Å². The maximum atomic E-state index is 5.80. The van der Waals surface area contributed by atoms with Crippen LogP contribution in [-0.4, -0.2) is 17.0 Å². The van der Waals surface area contributed by atoms with Crippen LogP contribution >= 0.6 is 15.9 Å². The van der Waals surface area contributed by atoms with Crippen molar-refractivity contribution in [3.05, 3.63) is 0 Å². The summed E-state index contributed by atoms with van der Waals surface area (Å²) in [5.74, 6) is 0. The molecule has 1 aliphatic rings. The summed E-state index contributed by atoms with van der Waals surface area (Å²) in [7, 11) is 0. The van der Waals surface area contributed by atoms with Gasteiger partial charge in [0.15, 0.2) is 0 Å². The van der Waals surface area contributed by atoms with Crippen molar-refractivity contribution < 1.29 is 4.74 Å². The molecule has 2 heteroatoms. The molecule has 0 aromatic carbocycles. The fraction of sp³-hybridized carbons (Fsp3) is 1.00. The molecule has 1 nitrogen and oxygen atoms in total. The Bertz CT molecular complexity index is 174. The normalized spacial score (nSPS) is 30.6. The van der Waals surface area contributed by atoms with Gasteiger partial charge in [-0.15, -0.1) is 0 Å². The van der Waals surface area contributed by atoms with Gasteiger partial charge in [0.2, 0.25) is 0 Å². The molecule has 84 valence electrons. The summed E-state index contributed by atoms with van der Waals surface area (Å²) >= 11 is 3.77. The molecule has 14 heavy (non-hydrogen) atoms. The summed E-state index contributed by atoms with van der Waals surface area (Å²) in [6.45, 7) is 9.02. The number of rotatable bonds is 3. The zero-order chi connectivity index (χ0) is 10.8. The third-order valence-electron chi connectivity index (χ3n) is 3.00. The van der Waals surface area contributed by atoms with Crippen LogP contribution in [-0.2, 0) is 4.74 Å². The number of halogens is 1. The van der Waals surface area contributed by atoms with Crippen molar-refractivity contribution in [2.75, 3.05) is 0 Å². The van der Waals surface area contributed by atoms with E-state index in [4.69, 9.17) is 4.74 Å². The van der Waals surface area contributed by atoms with Gasteiger partial charge in [-0.2, -0.15) is 0 Å². The van der Waals surface area contributed by atoms with Crippen LogP contribution in [0, 0.1) is 5.41 Å². The quantitative estimate of drug-likeness (QED) is 0.695. The molecule has 1 aliphatic heterocycles. The van der Waals surface area contributed by atoms with Crippen LogP contribution in [0.15, 0.2) is 0 Å². The van der Waals surface area contributed by atoms with Crippen LogP contribution in [0.3, 0.4) is 0 Å². The van der Waals surface area contributed by atoms with E-state index in [-0.39, 0.29) is 0 Å². The predicted octanol–water partition coefficient (Wildman–Crippen LogP) is 4.14. The highest BCUT2D eigenvalue weighted by molar-refractivity contribution is 9.09. The van der Waals surface area contributed by atoms with E-state index in [2.05, 4.69) is 43.6 Å². The van der Waals surface area contributed by atoms with E-state index >= 15 is 0 Å². The first-order valence-corrected chi connectivity index (χ1v) is 6.60. The van der Waals surface area contributed by atoms with E-state index in [0.29, 0.717) is 22.5 Å². The van der Waals surface area contributed by atoms with Gasteiger partial charge in [-0.1, -0.05) is 36.7 Å². The number of hydrogen-bond donors (Lipinski definition) is 0. The highest BCUT2D eigenvalue weighted by Crippen LogP contribution is 2.32. The molecule has 3 unspecified atom stereocenters. The lowest BCUT2D eigenvalue weighted by molar-refractivity contribution is 0.0486. The Labute approximate surface area is 96.7 Å². The van der Waals surface area contributed by atoms with E-state index in [1.165, 1.54) is 25.7 Å². The molecule has 1 saturated heterocycles. The van der Waals surface area contributed by atoms with Crippen LogP contribution < -0.4 is 0 Å². The predicted molar refractivity (Wildman–Crippen MR) is 65.0 cm³/mol. The van der Waals surface area contributed by atoms with E-state index < -0.39 is 0 Å². The summed E-state index contributed by atoms with van der Waals surface area (Å²) in [6, 6.07) is 0. The first kappa shape index (κ1) is 12.5. The fourth-order valence-corrected chi connectivity index (χ4v) is 2.13. The molecule has 0 amide bonds. The maximum Gasteiger partial charge on any atom is 0.0580 e. The first-order valence-electron chi connectivity index (χ1n) is 5.69. The third-order valence-corrected chi connectivity index (χ3v) is 4.83. The average molecular weight is 263 g/mol. The van der Waals surface area contributed by atoms with E-state index in [1.807, 2.05) is 0 Å². The Hall–Kier alpha value is 0.440. The second kappa shape index (κ2) is 4.98. The number of ether oxygens (including phenoxy) is 1. The lowest BCUT2D eigenvalue weighted by atomic mass is 9.89. The largest absolute Gasteiger partial charge is 0.375 e. The maximum absolute atomic E-state index is 5.80.